The van der Waals surface area contributed by atoms with E-state index in [1.165, 1.54) is 27.6 Å². The standard InChI is InChI=1S/C8H7NO3S.C2H6/c1-9-8(12)4-2-5(10)6(11)3-7(4)13-9;1-2/h2-3,10-11H,1H3;1-2H3. The van der Waals surface area contributed by atoms with Gasteiger partial charge in [0.15, 0.2) is 11.5 Å². The Morgan fingerprint density at radius 3 is 2.33 bits per heavy atom. The zero-order chi connectivity index (χ0) is 11.6. The summed E-state index contributed by atoms with van der Waals surface area (Å²) >= 11 is 1.23. The number of hydrogen-bond donors (Lipinski definition) is 2. The van der Waals surface area contributed by atoms with Crippen LogP contribution in [0.15, 0.2) is 16.9 Å². The van der Waals surface area contributed by atoms with Crippen molar-refractivity contribution in [3.8, 4) is 11.5 Å². The van der Waals surface area contributed by atoms with Crippen LogP contribution < -0.4 is 5.56 Å². The number of rotatable bonds is 0. The second kappa shape index (κ2) is 4.35. The van der Waals surface area contributed by atoms with Gasteiger partial charge in [-0.2, -0.15) is 0 Å². The maximum atomic E-state index is 11.4. The van der Waals surface area contributed by atoms with Gasteiger partial charge in [0, 0.05) is 13.1 Å². The van der Waals surface area contributed by atoms with Gasteiger partial charge in [-0.1, -0.05) is 25.4 Å². The van der Waals surface area contributed by atoms with Crippen molar-refractivity contribution in [1.29, 1.82) is 0 Å². The molecule has 0 bridgehead atoms. The molecule has 2 N–H and O–H groups in total. The van der Waals surface area contributed by atoms with E-state index in [0.717, 1.165) is 0 Å². The van der Waals surface area contributed by atoms with Gasteiger partial charge >= 0.3 is 0 Å². The highest BCUT2D eigenvalue weighted by Gasteiger charge is 2.08. The van der Waals surface area contributed by atoms with Crippen LogP contribution >= 0.6 is 11.5 Å². The summed E-state index contributed by atoms with van der Waals surface area (Å²) in [6.07, 6.45) is 0. The molecule has 1 aromatic carbocycles. The molecule has 0 aliphatic rings. The van der Waals surface area contributed by atoms with Gasteiger partial charge in [0.1, 0.15) is 0 Å². The average molecular weight is 227 g/mol. The summed E-state index contributed by atoms with van der Waals surface area (Å²) in [5.74, 6) is -0.461. The van der Waals surface area contributed by atoms with E-state index in [4.69, 9.17) is 10.2 Å². The van der Waals surface area contributed by atoms with E-state index in [1.54, 1.807) is 7.05 Å². The number of aromatic hydroxyl groups is 2. The van der Waals surface area contributed by atoms with Gasteiger partial charge in [0.2, 0.25) is 0 Å². The summed E-state index contributed by atoms with van der Waals surface area (Å²) in [7, 11) is 1.64. The molecule has 82 valence electrons. The van der Waals surface area contributed by atoms with Crippen molar-refractivity contribution in [2.45, 2.75) is 13.8 Å². The van der Waals surface area contributed by atoms with E-state index in [9.17, 15) is 4.79 Å². The molecule has 0 spiro atoms. The smallest absolute Gasteiger partial charge is 0.268 e. The van der Waals surface area contributed by atoms with Crippen molar-refractivity contribution < 1.29 is 10.2 Å². The third-order valence-electron chi connectivity index (χ3n) is 1.83. The Balaban J connectivity index is 0.000000531. The fourth-order valence-electron chi connectivity index (χ4n) is 1.16. The maximum Gasteiger partial charge on any atom is 0.268 e. The van der Waals surface area contributed by atoms with E-state index in [-0.39, 0.29) is 17.1 Å². The van der Waals surface area contributed by atoms with Gasteiger partial charge < -0.3 is 10.2 Å². The van der Waals surface area contributed by atoms with Crippen LogP contribution in [0, 0.1) is 0 Å². The van der Waals surface area contributed by atoms with Crippen LogP contribution in [0.3, 0.4) is 0 Å². The molecule has 0 amide bonds. The molecule has 5 heteroatoms. The summed E-state index contributed by atoms with van der Waals surface area (Å²) in [5.41, 5.74) is -0.157. The highest BCUT2D eigenvalue weighted by molar-refractivity contribution is 7.13. The predicted octanol–water partition coefficient (Wildman–Crippen LogP) is 2.04. The Morgan fingerprint density at radius 2 is 1.73 bits per heavy atom. The number of aromatic nitrogens is 1. The Kier molecular flexibility index (Phi) is 3.36. The molecule has 1 heterocycles. The lowest BCUT2D eigenvalue weighted by molar-refractivity contribution is 0.405. The lowest BCUT2D eigenvalue weighted by Gasteiger charge is -1.94. The van der Waals surface area contributed by atoms with Crippen LogP contribution in [0.5, 0.6) is 11.5 Å². The zero-order valence-corrected chi connectivity index (χ0v) is 9.63. The lowest BCUT2D eigenvalue weighted by Crippen LogP contribution is -2.07. The topological polar surface area (TPSA) is 62.5 Å². The molecule has 15 heavy (non-hydrogen) atoms. The molecular weight excluding hydrogens is 214 g/mol. The van der Waals surface area contributed by atoms with Crippen molar-refractivity contribution in [3.63, 3.8) is 0 Å². The second-order valence-electron chi connectivity index (χ2n) is 2.73. The summed E-state index contributed by atoms with van der Waals surface area (Å²) in [4.78, 5) is 11.4. The molecule has 0 aliphatic heterocycles. The molecule has 0 aliphatic carbocycles. The Labute approximate surface area is 91.2 Å². The first kappa shape index (κ1) is 11.6. The number of phenols is 2. The van der Waals surface area contributed by atoms with Crippen LogP contribution in [0.4, 0.5) is 0 Å². The average Bonchev–Trinajstić information content (AvgIpc) is 2.49. The third kappa shape index (κ3) is 1.97. The SMILES string of the molecule is CC.Cn1sc2cc(O)c(O)cc2c1=O. The minimum atomic E-state index is -0.261. The fourth-order valence-corrected chi connectivity index (χ4v) is 2.04. The molecule has 0 saturated carbocycles. The van der Waals surface area contributed by atoms with Gasteiger partial charge in [0.25, 0.3) is 5.56 Å². The summed E-state index contributed by atoms with van der Waals surface area (Å²) < 4.78 is 2.12. The molecule has 0 unspecified atom stereocenters. The second-order valence-corrected chi connectivity index (χ2v) is 3.90. The van der Waals surface area contributed by atoms with Gasteiger partial charge in [-0.3, -0.25) is 8.75 Å². The molecule has 0 radical (unpaired) electrons. The molecular formula is C10H13NO3S. The Morgan fingerprint density at radius 1 is 1.20 bits per heavy atom. The van der Waals surface area contributed by atoms with Crippen LogP contribution in [-0.2, 0) is 7.05 Å². The van der Waals surface area contributed by atoms with Crippen molar-refractivity contribution in [2.24, 2.45) is 7.05 Å². The Hall–Kier alpha value is -1.49. The monoisotopic (exact) mass is 227 g/mol. The van der Waals surface area contributed by atoms with Gasteiger partial charge in [0.05, 0.1) is 10.1 Å². The quantitative estimate of drug-likeness (QED) is 0.677. The minimum Gasteiger partial charge on any atom is -0.504 e. The molecule has 2 rings (SSSR count). The first-order valence-corrected chi connectivity index (χ1v) is 5.39. The molecule has 0 saturated heterocycles. The zero-order valence-electron chi connectivity index (χ0n) is 8.81. The van der Waals surface area contributed by atoms with Crippen LogP contribution in [-0.4, -0.2) is 14.2 Å². The highest BCUT2D eigenvalue weighted by atomic mass is 32.1. The Bertz CT molecular complexity index is 527. The number of hydrogen-bond acceptors (Lipinski definition) is 4. The summed E-state index contributed by atoms with van der Waals surface area (Å²) in [6, 6.07) is 2.67. The van der Waals surface area contributed by atoms with Crippen LogP contribution in [0.1, 0.15) is 13.8 Å². The van der Waals surface area contributed by atoms with Gasteiger partial charge in [-0.05, 0) is 6.07 Å². The van der Waals surface area contributed by atoms with Crippen molar-refractivity contribution in [3.05, 3.63) is 22.5 Å². The minimum absolute atomic E-state index is 0.157. The number of nitrogens with zero attached hydrogens (tertiary/aromatic N) is 1. The van der Waals surface area contributed by atoms with Crippen molar-refractivity contribution >= 4 is 21.6 Å². The molecule has 1 aromatic heterocycles. The highest BCUT2D eigenvalue weighted by Crippen LogP contribution is 2.30. The number of fused-ring (bicyclic) bond motifs is 1. The number of phenolic OH excluding ortho intramolecular Hbond substituents is 2. The van der Waals surface area contributed by atoms with E-state index in [2.05, 4.69) is 0 Å². The van der Waals surface area contributed by atoms with Gasteiger partial charge in [-0.15, -0.1) is 0 Å². The van der Waals surface area contributed by atoms with Gasteiger partial charge in [-0.25, -0.2) is 0 Å². The van der Waals surface area contributed by atoms with E-state index < -0.39 is 0 Å². The normalized spacial score (nSPS) is 9.80. The largest absolute Gasteiger partial charge is 0.504 e. The molecule has 0 atom stereocenters. The summed E-state index contributed by atoms with van der Waals surface area (Å²) in [5, 5.41) is 18.8. The van der Waals surface area contributed by atoms with E-state index in [1.807, 2.05) is 13.8 Å². The fraction of sp³-hybridized carbons (Fsp3) is 0.300. The van der Waals surface area contributed by atoms with Crippen molar-refractivity contribution in [1.82, 2.24) is 3.96 Å². The maximum absolute atomic E-state index is 11.4. The number of benzene rings is 1. The van der Waals surface area contributed by atoms with Crippen LogP contribution in [0.2, 0.25) is 0 Å². The first-order chi connectivity index (χ1) is 7.09. The summed E-state index contributed by atoms with van der Waals surface area (Å²) in [6.45, 7) is 4.00. The van der Waals surface area contributed by atoms with E-state index in [0.29, 0.717) is 10.1 Å². The first-order valence-electron chi connectivity index (χ1n) is 4.61. The predicted molar refractivity (Wildman–Crippen MR) is 61.7 cm³/mol. The molecule has 2 aromatic rings. The number of aryl methyl sites for hydroxylation is 1. The van der Waals surface area contributed by atoms with E-state index >= 15 is 0 Å². The van der Waals surface area contributed by atoms with Crippen LogP contribution in [0.25, 0.3) is 10.1 Å². The third-order valence-corrected chi connectivity index (χ3v) is 2.80. The lowest BCUT2D eigenvalue weighted by atomic mass is 10.2. The molecule has 0 fully saturated rings. The van der Waals surface area contributed by atoms with Crippen molar-refractivity contribution in [2.75, 3.05) is 0 Å². The molecule has 4 nitrogen and oxygen atoms in total.